The van der Waals surface area contributed by atoms with E-state index in [0.29, 0.717) is 37.1 Å². The van der Waals surface area contributed by atoms with Crippen molar-refractivity contribution >= 4 is 50.7 Å². The van der Waals surface area contributed by atoms with Gasteiger partial charge >= 0.3 is 5.97 Å². The number of nitro benzene ring substituents is 1. The minimum absolute atomic E-state index is 0.0372. The lowest BCUT2D eigenvalue weighted by Crippen LogP contribution is -2.38. The van der Waals surface area contributed by atoms with Gasteiger partial charge in [-0.15, -0.1) is 0 Å². The van der Waals surface area contributed by atoms with E-state index in [-0.39, 0.29) is 17.0 Å². The quantitative estimate of drug-likeness (QED) is 0.134. The van der Waals surface area contributed by atoms with Crippen LogP contribution < -0.4 is 24.4 Å². The first-order valence-corrected chi connectivity index (χ1v) is 14.3. The number of ether oxygens (including phenoxy) is 2. The van der Waals surface area contributed by atoms with E-state index < -0.39 is 16.9 Å². The van der Waals surface area contributed by atoms with E-state index in [2.05, 4.69) is 22.0 Å². The van der Waals surface area contributed by atoms with Gasteiger partial charge in [-0.25, -0.2) is 4.99 Å². The van der Waals surface area contributed by atoms with Crippen molar-refractivity contribution in [2.24, 2.45) is 4.99 Å². The number of aromatic nitrogens is 1. The minimum Gasteiger partial charge on any atom is -0.493 e. The second-order valence-electron chi connectivity index (χ2n) is 9.59. The topological polar surface area (TPSA) is 113 Å². The SMILES string of the molecule is COc1cc(/C=c2/sc3n(c2=O)[C@H](c2cccc([N+](=O)[O-])c2)C2=C(N=3)c3ccccc3CC2)cc(Br)c1OC(C)=O. The van der Waals surface area contributed by atoms with Crippen LogP contribution in [0.1, 0.15) is 41.6 Å². The van der Waals surface area contributed by atoms with Crippen LogP contribution in [0.15, 0.2) is 80.5 Å². The second-order valence-corrected chi connectivity index (χ2v) is 11.5. The third-order valence-electron chi connectivity index (χ3n) is 7.07. The molecule has 0 N–H and O–H groups in total. The first kappa shape index (κ1) is 26.9. The number of allylic oxidation sites excluding steroid dienone is 1. The van der Waals surface area contributed by atoms with E-state index in [1.165, 1.54) is 43.1 Å². The van der Waals surface area contributed by atoms with E-state index in [1.807, 2.05) is 24.3 Å². The van der Waals surface area contributed by atoms with Gasteiger partial charge in [-0.2, -0.15) is 0 Å². The fraction of sp³-hybridized carbons (Fsp3) is 0.167. The Hall–Kier alpha value is -4.35. The lowest BCUT2D eigenvalue weighted by atomic mass is 9.83. The van der Waals surface area contributed by atoms with E-state index in [1.54, 1.807) is 28.8 Å². The first-order chi connectivity index (χ1) is 19.7. The molecule has 1 aromatic heterocycles. The van der Waals surface area contributed by atoms with Gasteiger partial charge < -0.3 is 9.47 Å². The number of carbonyl (C=O) groups excluding carboxylic acids is 1. The molecular weight excluding hydrogens is 610 g/mol. The molecule has 2 aliphatic rings. The zero-order valence-corrected chi connectivity index (χ0v) is 24.3. The monoisotopic (exact) mass is 631 g/mol. The number of nitrogens with zero attached hydrogens (tertiary/aromatic N) is 3. The molecule has 0 unspecified atom stereocenters. The number of halogens is 1. The molecule has 6 rings (SSSR count). The van der Waals surface area contributed by atoms with Gasteiger partial charge in [0.15, 0.2) is 16.3 Å². The normalized spacial score (nSPS) is 15.9. The number of nitro groups is 1. The number of methoxy groups -OCH3 is 1. The Balaban J connectivity index is 1.58. The van der Waals surface area contributed by atoms with Crippen LogP contribution in [-0.2, 0) is 11.2 Å². The zero-order chi connectivity index (χ0) is 28.8. The number of non-ortho nitro benzene ring substituents is 1. The van der Waals surface area contributed by atoms with Crippen molar-refractivity contribution in [3.63, 3.8) is 0 Å². The summed E-state index contributed by atoms with van der Waals surface area (Å²) in [5, 5.41) is 11.6. The standard InChI is InChI=1S/C30H22BrN3O6S/c1-16(35)40-28-23(31)12-17(13-24(28)39-2)14-25-29(36)33-27(19-7-5-8-20(15-19)34(37)38)22-11-10-18-6-3-4-9-21(18)26(22)32-30(33)41-25/h3-9,12-15,27H,10-11H2,1-2H3/b25-14+/t27-/m1/s1. The second kappa shape index (κ2) is 10.6. The summed E-state index contributed by atoms with van der Waals surface area (Å²) in [7, 11) is 1.47. The number of carbonyl (C=O) groups is 1. The van der Waals surface area contributed by atoms with E-state index >= 15 is 0 Å². The van der Waals surface area contributed by atoms with E-state index in [9.17, 15) is 19.7 Å². The number of hydrogen-bond acceptors (Lipinski definition) is 8. The zero-order valence-electron chi connectivity index (χ0n) is 21.9. The summed E-state index contributed by atoms with van der Waals surface area (Å²) in [6.45, 7) is 1.30. The smallest absolute Gasteiger partial charge is 0.308 e. The highest BCUT2D eigenvalue weighted by Crippen LogP contribution is 2.42. The van der Waals surface area contributed by atoms with Crippen molar-refractivity contribution in [1.82, 2.24) is 4.57 Å². The molecule has 1 aliphatic carbocycles. The van der Waals surface area contributed by atoms with Gasteiger partial charge in [0.25, 0.3) is 11.2 Å². The Bertz CT molecular complexity index is 1980. The molecular formula is C30H22BrN3O6S. The maximum Gasteiger partial charge on any atom is 0.308 e. The van der Waals surface area contributed by atoms with Crippen LogP contribution in [0, 0.1) is 10.1 Å². The van der Waals surface area contributed by atoms with Crippen molar-refractivity contribution in [2.45, 2.75) is 25.8 Å². The van der Waals surface area contributed by atoms with Crippen LogP contribution in [0.25, 0.3) is 11.8 Å². The molecule has 9 nitrogen and oxygen atoms in total. The summed E-state index contributed by atoms with van der Waals surface area (Å²) in [5.41, 5.74) is 4.97. The lowest BCUT2D eigenvalue weighted by Gasteiger charge is -2.30. The summed E-state index contributed by atoms with van der Waals surface area (Å²) in [6, 6.07) is 17.4. The Morgan fingerprint density at radius 1 is 1.17 bits per heavy atom. The van der Waals surface area contributed by atoms with Crippen molar-refractivity contribution in [3.8, 4) is 11.5 Å². The molecule has 41 heavy (non-hydrogen) atoms. The highest BCUT2D eigenvalue weighted by Gasteiger charge is 2.33. The molecule has 1 aliphatic heterocycles. The number of esters is 1. The van der Waals surface area contributed by atoms with Gasteiger partial charge in [0.05, 0.1) is 32.8 Å². The Morgan fingerprint density at radius 2 is 1.98 bits per heavy atom. The predicted molar refractivity (Wildman–Crippen MR) is 158 cm³/mol. The highest BCUT2D eigenvalue weighted by atomic mass is 79.9. The number of rotatable bonds is 5. The molecule has 0 fully saturated rings. The summed E-state index contributed by atoms with van der Waals surface area (Å²) >= 11 is 4.68. The van der Waals surface area contributed by atoms with Crippen LogP contribution in [0.5, 0.6) is 11.5 Å². The van der Waals surface area contributed by atoms with Crippen LogP contribution in [0.4, 0.5) is 5.69 Å². The average Bonchev–Trinajstić information content (AvgIpc) is 3.27. The summed E-state index contributed by atoms with van der Waals surface area (Å²) in [6.07, 6.45) is 3.19. The number of fused-ring (bicyclic) bond motifs is 3. The van der Waals surface area contributed by atoms with E-state index in [0.717, 1.165) is 23.3 Å². The summed E-state index contributed by atoms with van der Waals surface area (Å²) in [5.74, 6) is 0.0857. The molecule has 2 heterocycles. The third kappa shape index (κ3) is 4.81. The maximum absolute atomic E-state index is 14.0. The largest absolute Gasteiger partial charge is 0.493 e. The number of hydrogen-bond donors (Lipinski definition) is 0. The fourth-order valence-electron chi connectivity index (χ4n) is 5.35. The molecule has 0 spiro atoms. The van der Waals surface area contributed by atoms with Gasteiger partial charge in [0, 0.05) is 24.6 Å². The van der Waals surface area contributed by atoms with Gasteiger partial charge in [-0.05, 0) is 69.2 Å². The molecule has 4 aromatic rings. The molecule has 0 bridgehead atoms. The van der Waals surface area contributed by atoms with Crippen molar-refractivity contribution < 1.29 is 19.2 Å². The molecule has 206 valence electrons. The van der Waals surface area contributed by atoms with Crippen molar-refractivity contribution in [2.75, 3.05) is 7.11 Å². The average molecular weight is 632 g/mol. The van der Waals surface area contributed by atoms with Crippen molar-refractivity contribution in [1.29, 1.82) is 0 Å². The Labute approximate surface area is 246 Å². The maximum atomic E-state index is 14.0. The number of thiazole rings is 1. The molecule has 0 saturated heterocycles. The predicted octanol–water partition coefficient (Wildman–Crippen LogP) is 4.92. The van der Waals surface area contributed by atoms with Gasteiger partial charge in [0.2, 0.25) is 0 Å². The van der Waals surface area contributed by atoms with Gasteiger partial charge in [-0.3, -0.25) is 24.3 Å². The molecule has 3 aromatic carbocycles. The van der Waals surface area contributed by atoms with Crippen molar-refractivity contribution in [3.05, 3.63) is 123 Å². The number of aryl methyl sites for hydroxylation is 1. The molecule has 0 radical (unpaired) electrons. The Morgan fingerprint density at radius 3 is 2.73 bits per heavy atom. The van der Waals surface area contributed by atoms with Crippen LogP contribution >= 0.6 is 27.3 Å². The molecule has 0 amide bonds. The molecule has 1 atom stereocenters. The number of benzene rings is 3. The lowest BCUT2D eigenvalue weighted by molar-refractivity contribution is -0.384. The van der Waals surface area contributed by atoms with Crippen LogP contribution in [0.2, 0.25) is 0 Å². The molecule has 0 saturated carbocycles. The summed E-state index contributed by atoms with van der Waals surface area (Å²) in [4.78, 5) is 42.3. The summed E-state index contributed by atoms with van der Waals surface area (Å²) < 4.78 is 13.3. The Kier molecular flexibility index (Phi) is 6.92. The van der Waals surface area contributed by atoms with E-state index in [4.69, 9.17) is 14.5 Å². The molecule has 11 heteroatoms. The van der Waals surface area contributed by atoms with Crippen LogP contribution in [0.3, 0.4) is 0 Å². The third-order valence-corrected chi connectivity index (χ3v) is 8.64. The van der Waals surface area contributed by atoms with Gasteiger partial charge in [0.1, 0.15) is 0 Å². The minimum atomic E-state index is -0.538. The van der Waals surface area contributed by atoms with Gasteiger partial charge in [-0.1, -0.05) is 47.7 Å². The first-order valence-electron chi connectivity index (χ1n) is 12.7. The van der Waals surface area contributed by atoms with Crippen LogP contribution in [-0.4, -0.2) is 22.6 Å². The highest BCUT2D eigenvalue weighted by molar-refractivity contribution is 9.10. The fourth-order valence-corrected chi connectivity index (χ4v) is 6.89.